The van der Waals surface area contributed by atoms with Gasteiger partial charge >= 0.3 is 0 Å². The van der Waals surface area contributed by atoms with Crippen molar-refractivity contribution < 1.29 is 24.5 Å². The monoisotopic (exact) mass is 1010 g/mol. The molecule has 64 heavy (non-hydrogen) atoms. The van der Waals surface area contributed by atoms with Crippen LogP contribution in [0, 0.1) is 12.1 Å². The van der Waals surface area contributed by atoms with Gasteiger partial charge in [-0.05, 0) is 59.4 Å². The van der Waals surface area contributed by atoms with Crippen molar-refractivity contribution in [3.05, 3.63) is 181 Å². The first-order valence-corrected chi connectivity index (χ1v) is 21.8. The molecule has 0 atom stereocenters. The molecule has 5 aromatic heterocycles. The molecule has 5 heterocycles. The summed E-state index contributed by atoms with van der Waals surface area (Å²) in [6.07, 6.45) is 0. The Morgan fingerprint density at radius 3 is 1.86 bits per heavy atom. The average molecular weight is 1010 g/mol. The Bertz CT molecular complexity index is 3860. The van der Waals surface area contributed by atoms with Gasteiger partial charge in [0.1, 0.15) is 5.58 Å². The van der Waals surface area contributed by atoms with Crippen molar-refractivity contribution >= 4 is 82.1 Å². The van der Waals surface area contributed by atoms with Crippen LogP contribution in [0.4, 0.5) is 0 Å². The largest absolute Gasteiger partial charge is 0.500 e. The van der Waals surface area contributed by atoms with Gasteiger partial charge in [-0.25, -0.2) is 0 Å². The number of fused-ring (bicyclic) bond motifs is 12. The van der Waals surface area contributed by atoms with E-state index in [1.54, 1.807) is 0 Å². The Kier molecular flexibility index (Phi) is 9.53. The van der Waals surface area contributed by atoms with Crippen LogP contribution in [0.5, 0.6) is 0 Å². The maximum absolute atomic E-state index is 6.78. The SMILES string of the molecule is CC(C)c1cccc(C(C)C)c1-n1c(-c2[c-]cccc2)nc2ccccc21.Cn1c(-c2[c-]ccc3c2oc2c3ccc3c2c2cccc4c5ccccc5n3c42)nc2ccccc21.[Ir]. The summed E-state index contributed by atoms with van der Waals surface area (Å²) in [5, 5.41) is 7.13. The molecule has 0 spiro atoms. The molecule has 7 heteroatoms. The van der Waals surface area contributed by atoms with Crippen LogP contribution in [-0.2, 0) is 27.2 Å². The molecule has 13 aromatic rings. The van der Waals surface area contributed by atoms with E-state index in [2.05, 4.69) is 176 Å². The van der Waals surface area contributed by atoms with E-state index in [4.69, 9.17) is 14.4 Å². The number of aromatic nitrogens is 5. The molecule has 1 radical (unpaired) electrons. The smallest absolute Gasteiger partial charge is 0.130 e. The molecule has 0 aliphatic carbocycles. The summed E-state index contributed by atoms with van der Waals surface area (Å²) >= 11 is 0. The molecule has 0 N–H and O–H groups in total. The second kappa shape index (κ2) is 15.3. The van der Waals surface area contributed by atoms with E-state index in [1.165, 1.54) is 49.5 Å². The quantitative estimate of drug-likeness (QED) is 0.161. The summed E-state index contributed by atoms with van der Waals surface area (Å²) in [6, 6.07) is 61.9. The number of nitrogens with zero attached hydrogens (tertiary/aromatic N) is 5. The number of para-hydroxylation sites is 7. The molecule has 0 aliphatic heterocycles. The van der Waals surface area contributed by atoms with Crippen LogP contribution >= 0.6 is 0 Å². The fraction of sp³-hybridized carbons (Fsp3) is 0.123. The Labute approximate surface area is 384 Å². The summed E-state index contributed by atoms with van der Waals surface area (Å²) in [6.45, 7) is 9.04. The molecule has 6 nitrogen and oxygen atoms in total. The average Bonchev–Trinajstić information content (AvgIpc) is 4.13. The Hall–Kier alpha value is -7.05. The molecule has 0 saturated heterocycles. The van der Waals surface area contributed by atoms with Crippen molar-refractivity contribution in [3.8, 4) is 28.5 Å². The molecule has 0 bridgehead atoms. The minimum Gasteiger partial charge on any atom is -0.500 e. The molecule has 0 unspecified atom stereocenters. The van der Waals surface area contributed by atoms with E-state index >= 15 is 0 Å². The predicted octanol–water partition coefficient (Wildman–Crippen LogP) is 14.8. The van der Waals surface area contributed by atoms with E-state index in [0.29, 0.717) is 11.8 Å². The standard InChI is InChI=1S/C32H18N3O.C25H25N2.Ir/c1-34-26-15-5-3-13-24(26)33-32(34)23-12-7-10-20-21-16-17-27-28(31(21)36-30(20)23)22-11-6-9-19-18-8-2-4-14-25(18)35(27)29(19)22;1-17(2)20-13-10-14-21(18(3)4)24(20)27-23-16-9-8-15-22(23)26-25(27)19-11-6-5-7-12-19;/h2-11,13-17H,1H3;5-11,13-18H,1-4H3;/q2*-1;. The number of aryl methyl sites for hydroxylation is 1. The van der Waals surface area contributed by atoms with E-state index < -0.39 is 0 Å². The van der Waals surface area contributed by atoms with Crippen molar-refractivity contribution in [1.29, 1.82) is 0 Å². The van der Waals surface area contributed by atoms with E-state index in [9.17, 15) is 0 Å². The molecule has 13 rings (SSSR count). The van der Waals surface area contributed by atoms with E-state index in [-0.39, 0.29) is 20.1 Å². The summed E-state index contributed by atoms with van der Waals surface area (Å²) in [4.78, 5) is 9.92. The number of hydrogen-bond donors (Lipinski definition) is 0. The van der Waals surface area contributed by atoms with Gasteiger partial charge in [-0.3, -0.25) is 9.97 Å². The zero-order chi connectivity index (χ0) is 42.5. The van der Waals surface area contributed by atoms with Gasteiger partial charge in [0.05, 0.1) is 61.2 Å². The zero-order valence-corrected chi connectivity index (χ0v) is 38.5. The minimum absolute atomic E-state index is 0. The summed E-state index contributed by atoms with van der Waals surface area (Å²) in [7, 11) is 2.05. The third kappa shape index (κ3) is 5.88. The molecule has 0 saturated carbocycles. The number of hydrogen-bond acceptors (Lipinski definition) is 3. The Morgan fingerprint density at radius 2 is 1.12 bits per heavy atom. The summed E-state index contributed by atoms with van der Waals surface area (Å²) in [5.41, 5.74) is 15.5. The van der Waals surface area contributed by atoms with Gasteiger partial charge in [0.25, 0.3) is 0 Å². The molecule has 0 fully saturated rings. The molecule has 8 aromatic carbocycles. The van der Waals surface area contributed by atoms with Crippen LogP contribution in [0.3, 0.4) is 0 Å². The summed E-state index contributed by atoms with van der Waals surface area (Å²) in [5.74, 6) is 2.66. The number of furan rings is 1. The van der Waals surface area contributed by atoms with Crippen LogP contribution in [0.2, 0.25) is 0 Å². The second-order valence-corrected chi connectivity index (χ2v) is 17.2. The normalized spacial score (nSPS) is 12.0. The van der Waals surface area contributed by atoms with Crippen molar-refractivity contribution in [2.75, 3.05) is 0 Å². The fourth-order valence-corrected chi connectivity index (χ4v) is 9.98. The van der Waals surface area contributed by atoms with Crippen LogP contribution in [0.15, 0.2) is 162 Å². The van der Waals surface area contributed by atoms with Gasteiger partial charge in [-0.1, -0.05) is 124 Å². The molecular weight excluding hydrogens is 963 g/mol. The second-order valence-electron chi connectivity index (χ2n) is 17.2. The van der Waals surface area contributed by atoms with Gasteiger partial charge < -0.3 is 18.0 Å². The first-order chi connectivity index (χ1) is 30.9. The predicted molar refractivity (Wildman–Crippen MR) is 260 cm³/mol. The number of imidazole rings is 2. The van der Waals surface area contributed by atoms with Crippen molar-refractivity contribution in [1.82, 2.24) is 23.5 Å². The minimum atomic E-state index is 0. The maximum atomic E-state index is 6.78. The van der Waals surface area contributed by atoms with Crippen LogP contribution in [0.25, 0.3) is 111 Å². The van der Waals surface area contributed by atoms with Crippen LogP contribution in [-0.4, -0.2) is 23.5 Å². The van der Waals surface area contributed by atoms with Crippen LogP contribution in [0.1, 0.15) is 50.7 Å². The molecular formula is C57H43IrN5O-2. The van der Waals surface area contributed by atoms with Crippen molar-refractivity contribution in [3.63, 3.8) is 0 Å². The maximum Gasteiger partial charge on any atom is 0.130 e. The zero-order valence-electron chi connectivity index (χ0n) is 36.1. The molecule has 313 valence electrons. The van der Waals surface area contributed by atoms with E-state index in [1.807, 2.05) is 42.5 Å². The molecule has 0 aliphatic rings. The van der Waals surface area contributed by atoms with Gasteiger partial charge in [0.2, 0.25) is 0 Å². The molecule has 0 amide bonds. The van der Waals surface area contributed by atoms with Gasteiger partial charge in [0.15, 0.2) is 0 Å². The van der Waals surface area contributed by atoms with Gasteiger partial charge in [0, 0.05) is 54.4 Å². The third-order valence-electron chi connectivity index (χ3n) is 12.9. The third-order valence-corrected chi connectivity index (χ3v) is 12.9. The fourth-order valence-electron chi connectivity index (χ4n) is 9.98. The van der Waals surface area contributed by atoms with Crippen molar-refractivity contribution in [2.24, 2.45) is 7.05 Å². The first kappa shape index (κ1) is 39.8. The summed E-state index contributed by atoms with van der Waals surface area (Å²) < 4.78 is 13.6. The Balaban J connectivity index is 0.000000147. The van der Waals surface area contributed by atoms with Gasteiger partial charge in [-0.2, -0.15) is 0 Å². The van der Waals surface area contributed by atoms with E-state index in [0.717, 1.165) is 72.2 Å². The number of rotatable bonds is 5. The first-order valence-electron chi connectivity index (χ1n) is 21.8. The van der Waals surface area contributed by atoms with Crippen molar-refractivity contribution in [2.45, 2.75) is 39.5 Å². The van der Waals surface area contributed by atoms with Gasteiger partial charge in [-0.15, -0.1) is 54.1 Å². The van der Waals surface area contributed by atoms with Crippen LogP contribution < -0.4 is 0 Å². The number of benzene rings is 8. The topological polar surface area (TPSA) is 53.2 Å². The Morgan fingerprint density at radius 1 is 0.500 bits per heavy atom.